The van der Waals surface area contributed by atoms with Crippen molar-refractivity contribution in [3.05, 3.63) is 45.5 Å². The van der Waals surface area contributed by atoms with E-state index in [9.17, 15) is 31.1 Å². The highest BCUT2D eigenvalue weighted by atomic mass is 32.1. The largest absolute Gasteiger partial charge is 0.431 e. The topological polar surface area (TPSA) is 57.0 Å². The molecule has 0 aliphatic carbocycles. The molecule has 148 valence electrons. The molecule has 0 saturated heterocycles. The minimum atomic E-state index is -4.99. The van der Waals surface area contributed by atoms with Gasteiger partial charge in [-0.25, -0.2) is 4.98 Å². The molecule has 1 aromatic carbocycles. The van der Waals surface area contributed by atoms with Crippen molar-refractivity contribution in [2.24, 2.45) is 0 Å². The zero-order chi connectivity index (χ0) is 20.3. The molecule has 3 aromatic rings. The van der Waals surface area contributed by atoms with Crippen LogP contribution in [0.1, 0.15) is 23.4 Å². The fourth-order valence-electron chi connectivity index (χ4n) is 2.88. The summed E-state index contributed by atoms with van der Waals surface area (Å²) in [4.78, 5) is 20.8. The van der Waals surface area contributed by atoms with Gasteiger partial charge in [0.1, 0.15) is 11.6 Å². The van der Waals surface area contributed by atoms with Crippen molar-refractivity contribution in [2.75, 3.05) is 0 Å². The number of ether oxygens (including phenoxy) is 1. The summed E-state index contributed by atoms with van der Waals surface area (Å²) in [5, 5.41) is -0.267. The van der Waals surface area contributed by atoms with Gasteiger partial charge in [-0.1, -0.05) is 11.3 Å². The van der Waals surface area contributed by atoms with Crippen LogP contribution >= 0.6 is 11.3 Å². The summed E-state index contributed by atoms with van der Waals surface area (Å²) in [6.45, 7) is 0.480. The Kier molecular flexibility index (Phi) is 4.14. The van der Waals surface area contributed by atoms with E-state index in [2.05, 4.69) is 9.97 Å². The summed E-state index contributed by atoms with van der Waals surface area (Å²) in [6, 6.07) is 0.896. The molecule has 0 saturated carbocycles. The van der Waals surface area contributed by atoms with E-state index < -0.39 is 34.8 Å². The number of thiazole rings is 1. The zero-order valence-electron chi connectivity index (χ0n) is 13.7. The van der Waals surface area contributed by atoms with Crippen LogP contribution in [0.4, 0.5) is 26.3 Å². The molecule has 0 amide bonds. The number of halogens is 6. The Morgan fingerprint density at radius 3 is 2.25 bits per heavy atom. The van der Waals surface area contributed by atoms with Crippen LogP contribution in [0.5, 0.6) is 10.9 Å². The van der Waals surface area contributed by atoms with Crippen molar-refractivity contribution in [2.45, 2.75) is 31.7 Å². The van der Waals surface area contributed by atoms with Crippen LogP contribution in [0.15, 0.2) is 23.0 Å². The normalized spacial score (nSPS) is 14.5. The van der Waals surface area contributed by atoms with Crippen LogP contribution < -0.4 is 10.3 Å². The standard InChI is InChI=1S/C16H9F6N3O2S/c17-15(18,19)7-4-8(16(20,21)22)6-9(5-7)27-14-24-11-12(28-14)23-10-2-1-3-25(10)13(11)26/h4-6H,1-3H2. The molecule has 0 fully saturated rings. The van der Waals surface area contributed by atoms with Gasteiger partial charge in [0.05, 0.1) is 11.1 Å². The third kappa shape index (κ3) is 3.32. The number of aryl methyl sites for hydroxylation is 1. The van der Waals surface area contributed by atoms with Crippen LogP contribution in [-0.4, -0.2) is 14.5 Å². The first-order chi connectivity index (χ1) is 13.0. The van der Waals surface area contributed by atoms with E-state index in [4.69, 9.17) is 4.74 Å². The summed E-state index contributed by atoms with van der Waals surface area (Å²) in [7, 11) is 0. The van der Waals surface area contributed by atoms with Gasteiger partial charge in [-0.15, -0.1) is 0 Å². The monoisotopic (exact) mass is 421 g/mol. The smallest absolute Gasteiger partial charge is 0.416 e. The molecule has 1 aliphatic heterocycles. The van der Waals surface area contributed by atoms with Crippen LogP contribution in [0.25, 0.3) is 10.3 Å². The van der Waals surface area contributed by atoms with E-state index >= 15 is 0 Å². The number of nitrogens with zero attached hydrogens (tertiary/aromatic N) is 3. The second kappa shape index (κ2) is 6.19. The predicted molar refractivity (Wildman–Crippen MR) is 86.5 cm³/mol. The number of alkyl halides is 6. The number of hydrogen-bond donors (Lipinski definition) is 0. The number of fused-ring (bicyclic) bond motifs is 2. The van der Waals surface area contributed by atoms with Gasteiger partial charge in [-0.05, 0) is 24.6 Å². The van der Waals surface area contributed by atoms with Crippen molar-refractivity contribution in [3.63, 3.8) is 0 Å². The fraction of sp³-hybridized carbons (Fsp3) is 0.312. The van der Waals surface area contributed by atoms with Gasteiger partial charge in [0, 0.05) is 13.0 Å². The number of aromatic nitrogens is 3. The maximum Gasteiger partial charge on any atom is 0.416 e. The lowest BCUT2D eigenvalue weighted by Crippen LogP contribution is -2.20. The molecule has 2 aromatic heterocycles. The molecule has 3 heterocycles. The molecule has 0 atom stereocenters. The molecule has 1 aliphatic rings. The molecule has 5 nitrogen and oxygen atoms in total. The minimum Gasteiger partial charge on any atom is -0.431 e. The number of rotatable bonds is 2. The fourth-order valence-corrected chi connectivity index (χ4v) is 3.70. The first-order valence-electron chi connectivity index (χ1n) is 7.90. The SMILES string of the molecule is O=c1c2nc(Oc3cc(C(F)(F)F)cc(C(F)(F)F)c3)sc2nc2n1CCC2. The van der Waals surface area contributed by atoms with E-state index in [1.165, 1.54) is 4.57 Å². The molecular formula is C16H9F6N3O2S. The first-order valence-corrected chi connectivity index (χ1v) is 8.71. The number of benzene rings is 1. The summed E-state index contributed by atoms with van der Waals surface area (Å²) in [6.07, 6.45) is -8.63. The molecule has 0 bridgehead atoms. The highest BCUT2D eigenvalue weighted by Gasteiger charge is 2.37. The van der Waals surface area contributed by atoms with Crippen molar-refractivity contribution >= 4 is 21.7 Å². The van der Waals surface area contributed by atoms with Crippen molar-refractivity contribution in [1.82, 2.24) is 14.5 Å². The summed E-state index contributed by atoms with van der Waals surface area (Å²) in [5.74, 6) is -0.125. The molecular weight excluding hydrogens is 412 g/mol. The lowest BCUT2D eigenvalue weighted by molar-refractivity contribution is -0.143. The molecule has 12 heteroatoms. The Hall–Kier alpha value is -2.63. The van der Waals surface area contributed by atoms with Crippen LogP contribution in [0.2, 0.25) is 0 Å². The van der Waals surface area contributed by atoms with Crippen LogP contribution in [-0.2, 0) is 25.3 Å². The highest BCUT2D eigenvalue weighted by molar-refractivity contribution is 7.19. The highest BCUT2D eigenvalue weighted by Crippen LogP contribution is 2.40. The zero-order valence-corrected chi connectivity index (χ0v) is 14.5. The van der Waals surface area contributed by atoms with Gasteiger partial charge in [-0.3, -0.25) is 9.36 Å². The summed E-state index contributed by atoms with van der Waals surface area (Å²) >= 11 is 0.779. The molecule has 0 spiro atoms. The van der Waals surface area contributed by atoms with Gasteiger partial charge in [0.15, 0.2) is 10.3 Å². The van der Waals surface area contributed by atoms with Crippen LogP contribution in [0, 0.1) is 0 Å². The Balaban J connectivity index is 1.77. The molecule has 0 radical (unpaired) electrons. The summed E-state index contributed by atoms with van der Waals surface area (Å²) in [5.41, 5.74) is -3.46. The Morgan fingerprint density at radius 2 is 1.64 bits per heavy atom. The molecule has 0 unspecified atom stereocenters. The Morgan fingerprint density at radius 1 is 1.00 bits per heavy atom. The van der Waals surface area contributed by atoms with E-state index in [1.54, 1.807) is 0 Å². The molecule has 28 heavy (non-hydrogen) atoms. The van der Waals surface area contributed by atoms with Gasteiger partial charge in [-0.2, -0.15) is 31.3 Å². The minimum absolute atomic E-state index is 0.00368. The average Bonchev–Trinajstić information content (AvgIpc) is 3.20. The van der Waals surface area contributed by atoms with Crippen molar-refractivity contribution in [3.8, 4) is 10.9 Å². The van der Waals surface area contributed by atoms with Gasteiger partial charge in [0.2, 0.25) is 0 Å². The third-order valence-electron chi connectivity index (χ3n) is 4.13. The van der Waals surface area contributed by atoms with Gasteiger partial charge < -0.3 is 4.74 Å². The maximum atomic E-state index is 12.9. The van der Waals surface area contributed by atoms with Crippen LogP contribution in [0.3, 0.4) is 0 Å². The Bertz CT molecular complexity index is 1100. The first kappa shape index (κ1) is 18.7. The molecule has 4 rings (SSSR count). The van der Waals surface area contributed by atoms with E-state index in [-0.39, 0.29) is 21.6 Å². The average molecular weight is 421 g/mol. The lowest BCUT2D eigenvalue weighted by Gasteiger charge is -2.13. The number of hydrogen-bond acceptors (Lipinski definition) is 5. The van der Waals surface area contributed by atoms with Gasteiger partial charge in [0.25, 0.3) is 10.8 Å². The van der Waals surface area contributed by atoms with E-state index in [1.807, 2.05) is 0 Å². The van der Waals surface area contributed by atoms with E-state index in [0.29, 0.717) is 30.9 Å². The van der Waals surface area contributed by atoms with Gasteiger partial charge >= 0.3 is 12.4 Å². The van der Waals surface area contributed by atoms with Crippen molar-refractivity contribution < 1.29 is 31.1 Å². The van der Waals surface area contributed by atoms with E-state index in [0.717, 1.165) is 17.8 Å². The molecule has 0 N–H and O–H groups in total. The maximum absolute atomic E-state index is 12.9. The Labute approximate surface area is 156 Å². The second-order valence-electron chi connectivity index (χ2n) is 6.07. The summed E-state index contributed by atoms with van der Waals surface area (Å²) < 4.78 is 84.2. The van der Waals surface area contributed by atoms with Crippen molar-refractivity contribution in [1.29, 1.82) is 0 Å². The second-order valence-corrected chi connectivity index (χ2v) is 7.01. The lowest BCUT2D eigenvalue weighted by atomic mass is 10.1. The quantitative estimate of drug-likeness (QED) is 0.567. The predicted octanol–water partition coefficient (Wildman–Crippen LogP) is 4.63. The third-order valence-corrected chi connectivity index (χ3v) is 4.96.